The highest BCUT2D eigenvalue weighted by molar-refractivity contribution is 5.89. The van der Waals surface area contributed by atoms with Crippen LogP contribution in [-0.2, 0) is 15.9 Å². The highest BCUT2D eigenvalue weighted by Crippen LogP contribution is 2.18. The van der Waals surface area contributed by atoms with Crippen molar-refractivity contribution in [1.82, 2.24) is 9.97 Å². The number of nitrogens with zero attached hydrogens (tertiary/aromatic N) is 2. The van der Waals surface area contributed by atoms with Gasteiger partial charge in [0.25, 0.3) is 0 Å². The molecule has 0 bridgehead atoms. The maximum absolute atomic E-state index is 12.0. The summed E-state index contributed by atoms with van der Waals surface area (Å²) in [6.07, 6.45) is -5.43. The lowest BCUT2D eigenvalue weighted by Gasteiger charge is -2.22. The summed E-state index contributed by atoms with van der Waals surface area (Å²) in [4.78, 5) is 31.9. The summed E-state index contributed by atoms with van der Waals surface area (Å²) in [5.74, 6) is -1.33. The quantitative estimate of drug-likeness (QED) is 0.209. The number of carbonyl (C=O) groups is 2. The molecule has 2 aromatic carbocycles. The van der Waals surface area contributed by atoms with Gasteiger partial charge in [0, 0.05) is 12.6 Å². The van der Waals surface area contributed by atoms with Gasteiger partial charge in [-0.25, -0.2) is 9.59 Å². The maximum atomic E-state index is 12.0. The van der Waals surface area contributed by atoms with E-state index in [2.05, 4.69) is 9.97 Å². The molecule has 0 fully saturated rings. The van der Waals surface area contributed by atoms with Crippen LogP contribution < -0.4 is 0 Å². The summed E-state index contributed by atoms with van der Waals surface area (Å²) in [6.45, 7) is -0.992. The Morgan fingerprint density at radius 2 is 1.19 bits per heavy atom. The van der Waals surface area contributed by atoms with E-state index in [9.17, 15) is 35.1 Å². The van der Waals surface area contributed by atoms with Gasteiger partial charge in [0.15, 0.2) is 0 Å². The fraction of sp³-hybridized carbons (Fsp3) is 0.308. The van der Waals surface area contributed by atoms with Gasteiger partial charge in [0.1, 0.15) is 37.6 Å². The first-order valence-electron chi connectivity index (χ1n) is 11.4. The summed E-state index contributed by atoms with van der Waals surface area (Å²) < 4.78 is 9.97. The normalized spacial score (nSPS) is 15.2. The topological polar surface area (TPSA) is 180 Å². The average Bonchev–Trinajstić information content (AvgIpc) is 2.94. The van der Waals surface area contributed by atoms with Gasteiger partial charge < -0.3 is 35.0 Å². The summed E-state index contributed by atoms with van der Waals surface area (Å²) >= 11 is 0. The van der Waals surface area contributed by atoms with Crippen molar-refractivity contribution in [2.24, 2.45) is 0 Å². The molecule has 0 amide bonds. The van der Waals surface area contributed by atoms with Crippen molar-refractivity contribution < 1.29 is 44.6 Å². The van der Waals surface area contributed by atoms with Crippen molar-refractivity contribution in [1.29, 1.82) is 0 Å². The number of benzene rings is 2. The highest BCUT2D eigenvalue weighted by Gasteiger charge is 2.29. The van der Waals surface area contributed by atoms with Crippen molar-refractivity contribution in [2.75, 3.05) is 13.2 Å². The molecule has 0 unspecified atom stereocenters. The monoisotopic (exact) mass is 512 g/mol. The first kappa shape index (κ1) is 27.8. The largest absolute Gasteiger partial charge is 0.459 e. The number of hydrogen-bond donors (Lipinski definition) is 5. The molecule has 11 nitrogen and oxygen atoms in total. The second-order valence-electron chi connectivity index (χ2n) is 8.20. The van der Waals surface area contributed by atoms with Crippen LogP contribution in [0.4, 0.5) is 0 Å². The molecule has 1 heterocycles. The summed E-state index contributed by atoms with van der Waals surface area (Å²) in [5, 5.41) is 51.0. The molecule has 1 aromatic heterocycles. The van der Waals surface area contributed by atoms with E-state index >= 15 is 0 Å². The van der Waals surface area contributed by atoms with Crippen molar-refractivity contribution >= 4 is 11.9 Å². The van der Waals surface area contributed by atoms with Gasteiger partial charge in [-0.05, 0) is 24.3 Å². The molecule has 0 saturated heterocycles. The van der Waals surface area contributed by atoms with Gasteiger partial charge >= 0.3 is 11.9 Å². The molecule has 0 aliphatic heterocycles. The van der Waals surface area contributed by atoms with Crippen LogP contribution in [0.2, 0.25) is 0 Å². The standard InChI is InChI=1S/C26H28N2O9/c29-20(21(30)14-36-25(34)16-7-3-1-4-8-16)11-18-12-28-19(13-27-18)23(32)24(33)22(31)15-37-26(35)17-9-5-2-6-10-17/h1-10,12-13,20-24,29-33H,11,14-15H2/t20-,21+,22+,23+,24+/m0/s1. The molecule has 3 rings (SSSR count). The predicted molar refractivity (Wildman–Crippen MR) is 128 cm³/mol. The van der Waals surface area contributed by atoms with Crippen LogP contribution in [0.15, 0.2) is 73.1 Å². The Morgan fingerprint density at radius 3 is 1.68 bits per heavy atom. The van der Waals surface area contributed by atoms with E-state index in [0.29, 0.717) is 5.56 Å². The first-order valence-corrected chi connectivity index (χ1v) is 11.4. The molecule has 0 aliphatic rings. The third kappa shape index (κ3) is 8.13. The maximum Gasteiger partial charge on any atom is 0.338 e. The van der Waals surface area contributed by atoms with Crippen LogP contribution >= 0.6 is 0 Å². The number of aliphatic hydroxyl groups excluding tert-OH is 5. The number of hydrogen-bond acceptors (Lipinski definition) is 11. The van der Waals surface area contributed by atoms with Crippen molar-refractivity contribution in [3.05, 3.63) is 95.6 Å². The third-order valence-corrected chi connectivity index (χ3v) is 5.40. The molecule has 5 atom stereocenters. The second-order valence-corrected chi connectivity index (χ2v) is 8.20. The van der Waals surface area contributed by atoms with Gasteiger partial charge in [-0.2, -0.15) is 0 Å². The zero-order valence-corrected chi connectivity index (χ0v) is 19.7. The fourth-order valence-corrected chi connectivity index (χ4v) is 3.21. The molecular formula is C26H28N2O9. The number of aromatic nitrogens is 2. The van der Waals surface area contributed by atoms with E-state index in [1.54, 1.807) is 48.5 Å². The zero-order chi connectivity index (χ0) is 26.8. The molecule has 0 saturated carbocycles. The average molecular weight is 513 g/mol. The lowest BCUT2D eigenvalue weighted by atomic mass is 10.1. The molecule has 5 N–H and O–H groups in total. The van der Waals surface area contributed by atoms with Gasteiger partial charge in [0.05, 0.1) is 34.8 Å². The van der Waals surface area contributed by atoms with Crippen molar-refractivity contribution in [3.63, 3.8) is 0 Å². The Hall–Kier alpha value is -3.74. The Balaban J connectivity index is 1.46. The SMILES string of the molecule is O=C(OC[C@@H](O)[C@@H](O)[C@H](O)c1cnc(C[C@H](O)[C@H](O)COC(=O)c2ccccc2)cn1)c1ccccc1. The summed E-state index contributed by atoms with van der Waals surface area (Å²) in [7, 11) is 0. The van der Waals surface area contributed by atoms with Crippen LogP contribution in [0.25, 0.3) is 0 Å². The fourth-order valence-electron chi connectivity index (χ4n) is 3.21. The molecule has 37 heavy (non-hydrogen) atoms. The predicted octanol–water partition coefficient (Wildman–Crippen LogP) is 0.210. The molecule has 0 spiro atoms. The van der Waals surface area contributed by atoms with Gasteiger partial charge in [-0.1, -0.05) is 36.4 Å². The van der Waals surface area contributed by atoms with Crippen molar-refractivity contribution in [3.8, 4) is 0 Å². The third-order valence-electron chi connectivity index (χ3n) is 5.40. The molecule has 11 heteroatoms. The van der Waals surface area contributed by atoms with E-state index in [0.717, 1.165) is 6.20 Å². The van der Waals surface area contributed by atoms with E-state index in [-0.39, 0.29) is 23.4 Å². The number of rotatable bonds is 12. The lowest BCUT2D eigenvalue weighted by molar-refractivity contribution is -0.0824. The van der Waals surface area contributed by atoms with E-state index in [1.807, 2.05) is 0 Å². The number of esters is 2. The van der Waals surface area contributed by atoms with Crippen LogP contribution in [0.5, 0.6) is 0 Å². The zero-order valence-electron chi connectivity index (χ0n) is 19.7. The smallest absolute Gasteiger partial charge is 0.338 e. The van der Waals surface area contributed by atoms with Crippen LogP contribution in [0.1, 0.15) is 38.2 Å². The van der Waals surface area contributed by atoms with Gasteiger partial charge in [0.2, 0.25) is 0 Å². The van der Waals surface area contributed by atoms with Crippen molar-refractivity contribution in [2.45, 2.75) is 36.9 Å². The highest BCUT2D eigenvalue weighted by atomic mass is 16.5. The molecule has 196 valence electrons. The number of ether oxygens (including phenoxy) is 2. The Kier molecular flexibility index (Phi) is 10.2. The molecule has 0 aliphatic carbocycles. The minimum absolute atomic E-state index is 0.0727. The van der Waals surface area contributed by atoms with Gasteiger partial charge in [-0.15, -0.1) is 0 Å². The number of carbonyl (C=O) groups excluding carboxylic acids is 2. The second kappa shape index (κ2) is 13.5. The van der Waals surface area contributed by atoms with E-state index in [1.165, 1.54) is 18.3 Å². The minimum Gasteiger partial charge on any atom is -0.459 e. The Morgan fingerprint density at radius 1 is 0.676 bits per heavy atom. The molecular weight excluding hydrogens is 484 g/mol. The Bertz CT molecular complexity index is 1130. The number of aliphatic hydroxyl groups is 5. The van der Waals surface area contributed by atoms with Crippen LogP contribution in [0.3, 0.4) is 0 Å². The summed E-state index contributed by atoms with van der Waals surface area (Å²) in [5.41, 5.74) is 0.763. The molecule has 0 radical (unpaired) electrons. The van der Waals surface area contributed by atoms with Crippen LogP contribution in [-0.4, -0.2) is 85.1 Å². The van der Waals surface area contributed by atoms with Crippen LogP contribution in [0, 0.1) is 0 Å². The van der Waals surface area contributed by atoms with E-state index < -0.39 is 55.7 Å². The Labute approximate surface area is 212 Å². The summed E-state index contributed by atoms with van der Waals surface area (Å²) in [6, 6.07) is 16.3. The van der Waals surface area contributed by atoms with Gasteiger partial charge in [-0.3, -0.25) is 9.97 Å². The van der Waals surface area contributed by atoms with E-state index in [4.69, 9.17) is 9.47 Å². The first-order chi connectivity index (χ1) is 17.8. The minimum atomic E-state index is -1.73. The lowest BCUT2D eigenvalue weighted by Crippen LogP contribution is -2.36. The molecule has 3 aromatic rings.